The van der Waals surface area contributed by atoms with Crippen LogP contribution in [0.15, 0.2) is 65.8 Å². The van der Waals surface area contributed by atoms with Crippen molar-refractivity contribution in [3.05, 3.63) is 77.6 Å². The lowest BCUT2D eigenvalue weighted by Gasteiger charge is -2.28. The third-order valence-electron chi connectivity index (χ3n) is 6.21. The molecule has 0 amide bonds. The fourth-order valence-corrected chi connectivity index (χ4v) is 4.91. The van der Waals surface area contributed by atoms with Crippen LogP contribution in [0.5, 0.6) is 0 Å². The number of nitrogens with zero attached hydrogens (tertiary/aromatic N) is 3. The van der Waals surface area contributed by atoms with Gasteiger partial charge in [-0.05, 0) is 60.9 Å². The molecule has 38 heavy (non-hydrogen) atoms. The molecule has 3 aromatic rings. The first-order valence-corrected chi connectivity index (χ1v) is 13.9. The lowest BCUT2D eigenvalue weighted by Crippen LogP contribution is -2.44. The van der Waals surface area contributed by atoms with Crippen molar-refractivity contribution in [2.45, 2.75) is 32.2 Å². The normalized spacial score (nSPS) is 15.3. The highest BCUT2D eigenvalue weighted by Gasteiger charge is 2.17. The van der Waals surface area contributed by atoms with Crippen molar-refractivity contribution in [3.63, 3.8) is 0 Å². The van der Waals surface area contributed by atoms with E-state index in [1.54, 1.807) is 52.1 Å². The number of carbonyl (C=O) groups is 1. The number of aliphatic hydroxyl groups is 1. The first-order valence-electron chi connectivity index (χ1n) is 12.1. The molecule has 1 aliphatic rings. The lowest BCUT2D eigenvalue weighted by atomic mass is 10.1. The van der Waals surface area contributed by atoms with E-state index in [0.29, 0.717) is 37.7 Å². The van der Waals surface area contributed by atoms with Crippen molar-refractivity contribution in [3.8, 4) is 0 Å². The fourth-order valence-electron chi connectivity index (χ4n) is 4.35. The highest BCUT2D eigenvalue weighted by molar-refractivity contribution is 7.92. The van der Waals surface area contributed by atoms with E-state index >= 15 is 0 Å². The van der Waals surface area contributed by atoms with Crippen LogP contribution < -0.4 is 15.8 Å². The number of hydrogen-bond donors (Lipinski definition) is 5. The van der Waals surface area contributed by atoms with E-state index in [9.17, 15) is 23.4 Å². The number of aliphatic hydroxyl groups excluding tert-OH is 1. The molecule has 2 heterocycles. The second kappa shape index (κ2) is 11.3. The highest BCUT2D eigenvalue weighted by Crippen LogP contribution is 2.24. The minimum atomic E-state index is -3.38. The highest BCUT2D eigenvalue weighted by atomic mass is 32.2. The standard InChI is InChI=1S/C26H32N6O5S/c1-17(28-14-25(33)31-10-9-24(27)29-16-31)11-19-5-8-22-20(12-19)13-23(26(34)35)32(22)15-18-3-6-21(7-4-18)30-38(2,36)37/h3-10,12-13,17,25,28,30,33H,11,14-16H2,1-2H3,(H2,27,29)(H,34,35). The number of hydrogen-bond acceptors (Lipinski definition) is 8. The monoisotopic (exact) mass is 540 g/mol. The maximum atomic E-state index is 12.0. The number of benzene rings is 2. The number of rotatable bonds is 11. The molecular weight excluding hydrogens is 508 g/mol. The van der Waals surface area contributed by atoms with Gasteiger partial charge in [0.15, 0.2) is 0 Å². The molecule has 6 N–H and O–H groups in total. The quantitative estimate of drug-likeness (QED) is 0.246. The Balaban J connectivity index is 1.44. The van der Waals surface area contributed by atoms with Crippen molar-refractivity contribution >= 4 is 38.4 Å². The van der Waals surface area contributed by atoms with Crippen LogP contribution in [0.2, 0.25) is 0 Å². The molecule has 4 rings (SSSR count). The number of anilines is 1. The van der Waals surface area contributed by atoms with Gasteiger partial charge in [0.1, 0.15) is 24.4 Å². The molecule has 0 spiro atoms. The summed E-state index contributed by atoms with van der Waals surface area (Å²) in [4.78, 5) is 17.8. The van der Waals surface area contributed by atoms with E-state index in [-0.39, 0.29) is 11.7 Å². The number of amidine groups is 1. The first-order chi connectivity index (χ1) is 18.0. The largest absolute Gasteiger partial charge is 0.477 e. The minimum absolute atomic E-state index is 0.0597. The second-order valence-electron chi connectivity index (χ2n) is 9.43. The number of aliphatic imine (C=N–C) groups is 1. The molecule has 0 radical (unpaired) electrons. The third kappa shape index (κ3) is 6.91. The van der Waals surface area contributed by atoms with Crippen LogP contribution in [0.1, 0.15) is 28.5 Å². The Morgan fingerprint density at radius 3 is 2.50 bits per heavy atom. The van der Waals surface area contributed by atoms with Crippen LogP contribution in [0, 0.1) is 0 Å². The van der Waals surface area contributed by atoms with Gasteiger partial charge >= 0.3 is 5.97 Å². The Labute approximate surface area is 221 Å². The van der Waals surface area contributed by atoms with Crippen LogP contribution in [0.25, 0.3) is 10.9 Å². The van der Waals surface area contributed by atoms with Crippen LogP contribution in [-0.2, 0) is 23.0 Å². The smallest absolute Gasteiger partial charge is 0.352 e. The van der Waals surface area contributed by atoms with E-state index in [1.807, 2.05) is 25.1 Å². The maximum absolute atomic E-state index is 12.0. The molecule has 11 nitrogen and oxygen atoms in total. The molecule has 202 valence electrons. The summed E-state index contributed by atoms with van der Waals surface area (Å²) in [6, 6.07) is 14.4. The number of nitrogens with two attached hydrogens (primary N) is 1. The lowest BCUT2D eigenvalue weighted by molar-refractivity contribution is 0.0375. The summed E-state index contributed by atoms with van der Waals surface area (Å²) >= 11 is 0. The van der Waals surface area contributed by atoms with Gasteiger partial charge in [-0.1, -0.05) is 18.2 Å². The van der Waals surface area contributed by atoms with Gasteiger partial charge in [-0.25, -0.2) is 18.2 Å². The Hall–Kier alpha value is -3.87. The molecule has 2 unspecified atom stereocenters. The number of carboxylic acid groups (broad SMARTS) is 1. The molecule has 12 heteroatoms. The van der Waals surface area contributed by atoms with Gasteiger partial charge in [0.25, 0.3) is 0 Å². The van der Waals surface area contributed by atoms with E-state index in [2.05, 4.69) is 15.0 Å². The Kier molecular flexibility index (Phi) is 8.05. The number of sulfonamides is 1. The molecule has 0 bridgehead atoms. The average molecular weight is 541 g/mol. The number of aromatic carboxylic acids is 1. The molecule has 0 fully saturated rings. The van der Waals surface area contributed by atoms with Gasteiger partial charge in [-0.3, -0.25) is 4.72 Å². The van der Waals surface area contributed by atoms with Crippen molar-refractivity contribution in [1.29, 1.82) is 0 Å². The van der Waals surface area contributed by atoms with E-state index in [4.69, 9.17) is 5.73 Å². The zero-order valence-corrected chi connectivity index (χ0v) is 22.0. The van der Waals surface area contributed by atoms with Crippen molar-refractivity contribution in [2.24, 2.45) is 10.7 Å². The van der Waals surface area contributed by atoms with Crippen molar-refractivity contribution in [2.75, 3.05) is 24.2 Å². The first kappa shape index (κ1) is 27.2. The van der Waals surface area contributed by atoms with Gasteiger partial charge in [-0.15, -0.1) is 0 Å². The Morgan fingerprint density at radius 2 is 1.87 bits per heavy atom. The molecule has 0 aliphatic carbocycles. The topological polar surface area (TPSA) is 162 Å². The maximum Gasteiger partial charge on any atom is 0.352 e. The summed E-state index contributed by atoms with van der Waals surface area (Å²) in [5.41, 5.74) is 8.89. The average Bonchev–Trinajstić information content (AvgIpc) is 3.21. The third-order valence-corrected chi connectivity index (χ3v) is 6.82. The van der Waals surface area contributed by atoms with Gasteiger partial charge in [-0.2, -0.15) is 0 Å². The summed E-state index contributed by atoms with van der Waals surface area (Å²) in [6.07, 6.45) is 4.40. The molecule has 2 atom stereocenters. The van der Waals surface area contributed by atoms with Crippen LogP contribution >= 0.6 is 0 Å². The van der Waals surface area contributed by atoms with Gasteiger partial charge in [0, 0.05) is 41.9 Å². The summed E-state index contributed by atoms with van der Waals surface area (Å²) in [5.74, 6) is -0.593. The van der Waals surface area contributed by atoms with E-state index in [0.717, 1.165) is 28.3 Å². The zero-order valence-electron chi connectivity index (χ0n) is 21.2. The van der Waals surface area contributed by atoms with E-state index in [1.165, 1.54) is 0 Å². The van der Waals surface area contributed by atoms with Crippen molar-refractivity contribution < 1.29 is 23.4 Å². The molecule has 0 saturated heterocycles. The fraction of sp³-hybridized carbons (Fsp3) is 0.308. The SMILES string of the molecule is CC(Cc1ccc2c(c1)cc(C(=O)O)n2Cc1ccc(NS(C)(=O)=O)cc1)NCC(O)N1C=CC(N)=NC1. The zero-order chi connectivity index (χ0) is 27.4. The van der Waals surface area contributed by atoms with Gasteiger partial charge < -0.3 is 30.7 Å². The summed E-state index contributed by atoms with van der Waals surface area (Å²) in [6.45, 7) is 3.00. The van der Waals surface area contributed by atoms with Crippen LogP contribution in [-0.4, -0.2) is 71.6 Å². The number of carboxylic acids is 1. The Bertz CT molecular complexity index is 1480. The Morgan fingerprint density at radius 1 is 1.16 bits per heavy atom. The second-order valence-corrected chi connectivity index (χ2v) is 11.2. The van der Waals surface area contributed by atoms with Gasteiger partial charge in [0.05, 0.1) is 6.26 Å². The number of aromatic nitrogens is 1. The van der Waals surface area contributed by atoms with Crippen LogP contribution in [0.3, 0.4) is 0 Å². The minimum Gasteiger partial charge on any atom is -0.477 e. The summed E-state index contributed by atoms with van der Waals surface area (Å²) in [5, 5.41) is 24.4. The molecular formula is C26H32N6O5S. The predicted octanol–water partition coefficient (Wildman–Crippen LogP) is 1.74. The molecule has 1 aliphatic heterocycles. The molecule has 0 saturated carbocycles. The summed E-state index contributed by atoms with van der Waals surface area (Å²) in [7, 11) is -3.38. The number of fused-ring (bicyclic) bond motifs is 1. The predicted molar refractivity (Wildman–Crippen MR) is 148 cm³/mol. The van der Waals surface area contributed by atoms with Crippen LogP contribution in [0.4, 0.5) is 5.69 Å². The molecule has 1 aromatic heterocycles. The van der Waals surface area contributed by atoms with Gasteiger partial charge in [0.2, 0.25) is 10.0 Å². The molecule has 2 aromatic carbocycles. The number of nitrogens with one attached hydrogen (secondary N) is 2. The summed E-state index contributed by atoms with van der Waals surface area (Å²) < 4.78 is 27.0. The van der Waals surface area contributed by atoms with E-state index < -0.39 is 22.2 Å². The van der Waals surface area contributed by atoms with Crippen molar-refractivity contribution in [1.82, 2.24) is 14.8 Å².